The van der Waals surface area contributed by atoms with E-state index in [1.54, 1.807) is 6.07 Å². The maximum Gasteiger partial charge on any atom is 0.416 e. The van der Waals surface area contributed by atoms with Crippen LogP contribution in [0.4, 0.5) is 13.2 Å². The Kier molecular flexibility index (Phi) is 6.21. The van der Waals surface area contributed by atoms with Gasteiger partial charge >= 0.3 is 6.18 Å². The summed E-state index contributed by atoms with van der Waals surface area (Å²) in [5, 5.41) is 0. The molecule has 0 unspecified atom stereocenters. The van der Waals surface area contributed by atoms with E-state index in [1.807, 2.05) is 12.1 Å². The Morgan fingerprint density at radius 2 is 1.27 bits per heavy atom. The van der Waals surface area contributed by atoms with Crippen LogP contribution < -0.4 is 0 Å². The van der Waals surface area contributed by atoms with Crippen LogP contribution in [0.3, 0.4) is 0 Å². The molecule has 0 N–H and O–H groups in total. The van der Waals surface area contributed by atoms with Gasteiger partial charge in [0.2, 0.25) is 0 Å². The fourth-order valence-electron chi connectivity index (χ4n) is 4.17. The highest BCUT2D eigenvalue weighted by molar-refractivity contribution is 5.32. The first-order valence-electron chi connectivity index (χ1n) is 10.2. The molecule has 0 aliphatic carbocycles. The highest BCUT2D eigenvalue weighted by Crippen LogP contribution is 2.31. The predicted octanol–water partition coefficient (Wildman–Crippen LogP) is 5.61. The third kappa shape index (κ3) is 4.91. The molecular formula is C25H25F3N2. The van der Waals surface area contributed by atoms with Crippen molar-refractivity contribution < 1.29 is 13.2 Å². The van der Waals surface area contributed by atoms with Crippen LogP contribution in [0.5, 0.6) is 0 Å². The third-order valence-corrected chi connectivity index (χ3v) is 5.66. The lowest BCUT2D eigenvalue weighted by atomic mass is 9.96. The van der Waals surface area contributed by atoms with Crippen LogP contribution in [0.15, 0.2) is 84.9 Å². The fraction of sp³-hybridized carbons (Fsp3) is 0.280. The molecule has 5 heteroatoms. The van der Waals surface area contributed by atoms with Gasteiger partial charge in [0.25, 0.3) is 0 Å². The van der Waals surface area contributed by atoms with Gasteiger partial charge in [-0.25, -0.2) is 0 Å². The smallest absolute Gasteiger partial charge is 0.297 e. The Balaban J connectivity index is 1.45. The molecule has 0 saturated carbocycles. The summed E-state index contributed by atoms with van der Waals surface area (Å²) >= 11 is 0. The quantitative estimate of drug-likeness (QED) is 0.539. The lowest BCUT2D eigenvalue weighted by Crippen LogP contribution is -2.47. The molecule has 156 valence electrons. The van der Waals surface area contributed by atoms with Crippen LogP contribution >= 0.6 is 0 Å². The minimum Gasteiger partial charge on any atom is -0.297 e. The topological polar surface area (TPSA) is 6.48 Å². The second kappa shape index (κ2) is 9.02. The van der Waals surface area contributed by atoms with Gasteiger partial charge in [0, 0.05) is 32.7 Å². The van der Waals surface area contributed by atoms with Gasteiger partial charge in [0.05, 0.1) is 11.6 Å². The zero-order chi connectivity index (χ0) is 21.0. The minimum atomic E-state index is -4.30. The van der Waals surface area contributed by atoms with Crippen LogP contribution in [0.1, 0.15) is 28.3 Å². The Labute approximate surface area is 175 Å². The maximum atomic E-state index is 13.0. The van der Waals surface area contributed by atoms with E-state index < -0.39 is 11.7 Å². The average Bonchev–Trinajstić information content (AvgIpc) is 2.76. The van der Waals surface area contributed by atoms with E-state index in [4.69, 9.17) is 0 Å². The molecule has 2 nitrogen and oxygen atoms in total. The molecule has 30 heavy (non-hydrogen) atoms. The molecule has 0 amide bonds. The van der Waals surface area contributed by atoms with E-state index in [2.05, 4.69) is 58.3 Å². The predicted molar refractivity (Wildman–Crippen MR) is 113 cm³/mol. The number of hydrogen-bond acceptors (Lipinski definition) is 2. The lowest BCUT2D eigenvalue weighted by Gasteiger charge is -2.40. The lowest BCUT2D eigenvalue weighted by molar-refractivity contribution is -0.137. The van der Waals surface area contributed by atoms with Crippen LogP contribution in [-0.4, -0.2) is 36.0 Å². The summed E-state index contributed by atoms with van der Waals surface area (Å²) in [6.45, 7) is 3.93. The van der Waals surface area contributed by atoms with Gasteiger partial charge in [-0.2, -0.15) is 13.2 Å². The second-order valence-corrected chi connectivity index (χ2v) is 7.73. The van der Waals surface area contributed by atoms with Crippen molar-refractivity contribution in [2.45, 2.75) is 18.8 Å². The van der Waals surface area contributed by atoms with Gasteiger partial charge in [-0.15, -0.1) is 0 Å². The molecule has 1 aliphatic rings. The van der Waals surface area contributed by atoms with Gasteiger partial charge in [-0.1, -0.05) is 78.9 Å². The van der Waals surface area contributed by atoms with Crippen molar-refractivity contribution in [3.05, 3.63) is 107 Å². The molecule has 1 saturated heterocycles. The largest absolute Gasteiger partial charge is 0.416 e. The molecule has 0 aromatic heterocycles. The molecule has 3 aromatic rings. The standard InChI is InChI=1S/C25H25F3N2/c26-25(27,28)23-13-7-8-20(18-23)19-29-14-16-30(17-15-29)24(21-9-3-1-4-10-21)22-11-5-2-6-12-22/h1-13,18,24H,14-17,19H2. The van der Waals surface area contributed by atoms with E-state index in [9.17, 15) is 13.2 Å². The number of piperazine rings is 1. The number of alkyl halides is 3. The molecule has 1 heterocycles. The molecule has 3 aromatic carbocycles. The van der Waals surface area contributed by atoms with E-state index >= 15 is 0 Å². The average molecular weight is 410 g/mol. The summed E-state index contributed by atoms with van der Waals surface area (Å²) < 4.78 is 39.0. The Hall–Kier alpha value is -2.63. The second-order valence-electron chi connectivity index (χ2n) is 7.73. The van der Waals surface area contributed by atoms with Crippen molar-refractivity contribution in [3.63, 3.8) is 0 Å². The summed E-state index contributed by atoms with van der Waals surface area (Å²) in [6.07, 6.45) is -4.30. The maximum absolute atomic E-state index is 13.0. The van der Waals surface area contributed by atoms with Crippen LogP contribution in [-0.2, 0) is 12.7 Å². The van der Waals surface area contributed by atoms with E-state index in [0.29, 0.717) is 12.1 Å². The highest BCUT2D eigenvalue weighted by atomic mass is 19.4. The van der Waals surface area contributed by atoms with Crippen LogP contribution in [0.2, 0.25) is 0 Å². The van der Waals surface area contributed by atoms with E-state index in [-0.39, 0.29) is 6.04 Å². The zero-order valence-corrected chi connectivity index (χ0v) is 16.7. The summed E-state index contributed by atoms with van der Waals surface area (Å²) in [6, 6.07) is 26.8. The Bertz CT molecular complexity index is 894. The Morgan fingerprint density at radius 1 is 0.700 bits per heavy atom. The van der Waals surface area contributed by atoms with Crippen LogP contribution in [0, 0.1) is 0 Å². The summed E-state index contributed by atoms with van der Waals surface area (Å²) in [7, 11) is 0. The van der Waals surface area contributed by atoms with Crippen molar-refractivity contribution in [1.29, 1.82) is 0 Å². The molecule has 0 radical (unpaired) electrons. The van der Waals surface area contributed by atoms with Gasteiger partial charge in [-0.3, -0.25) is 9.80 Å². The van der Waals surface area contributed by atoms with Crippen molar-refractivity contribution >= 4 is 0 Å². The number of rotatable bonds is 5. The number of hydrogen-bond donors (Lipinski definition) is 0. The fourth-order valence-corrected chi connectivity index (χ4v) is 4.17. The molecule has 1 fully saturated rings. The monoisotopic (exact) mass is 410 g/mol. The SMILES string of the molecule is FC(F)(F)c1cccc(CN2CCN(C(c3ccccc3)c3ccccc3)CC2)c1. The van der Waals surface area contributed by atoms with E-state index in [1.165, 1.54) is 23.3 Å². The minimum absolute atomic E-state index is 0.183. The van der Waals surface area contributed by atoms with Crippen molar-refractivity contribution in [2.24, 2.45) is 0 Å². The van der Waals surface area contributed by atoms with Crippen molar-refractivity contribution in [1.82, 2.24) is 9.80 Å². The molecule has 4 rings (SSSR count). The number of nitrogens with zero attached hydrogens (tertiary/aromatic N) is 2. The summed E-state index contributed by atoms with van der Waals surface area (Å²) in [4.78, 5) is 4.70. The molecule has 0 bridgehead atoms. The van der Waals surface area contributed by atoms with Crippen LogP contribution in [0.25, 0.3) is 0 Å². The normalized spacial score (nSPS) is 16.1. The van der Waals surface area contributed by atoms with Gasteiger partial charge in [-0.05, 0) is 22.8 Å². The zero-order valence-electron chi connectivity index (χ0n) is 16.7. The number of halogens is 3. The third-order valence-electron chi connectivity index (χ3n) is 5.66. The molecular weight excluding hydrogens is 385 g/mol. The summed E-state index contributed by atoms with van der Waals surface area (Å²) in [5.41, 5.74) is 2.65. The molecule has 0 spiro atoms. The molecule has 1 aliphatic heterocycles. The summed E-state index contributed by atoms with van der Waals surface area (Å²) in [5.74, 6) is 0. The highest BCUT2D eigenvalue weighted by Gasteiger charge is 2.31. The van der Waals surface area contributed by atoms with Gasteiger partial charge < -0.3 is 0 Å². The first kappa shape index (κ1) is 20.6. The molecule has 0 atom stereocenters. The number of benzene rings is 3. The van der Waals surface area contributed by atoms with Crippen molar-refractivity contribution in [3.8, 4) is 0 Å². The first-order valence-corrected chi connectivity index (χ1v) is 10.2. The van der Waals surface area contributed by atoms with Crippen molar-refractivity contribution in [2.75, 3.05) is 26.2 Å². The van der Waals surface area contributed by atoms with E-state index in [0.717, 1.165) is 32.2 Å². The van der Waals surface area contributed by atoms with Gasteiger partial charge in [0.15, 0.2) is 0 Å². The Morgan fingerprint density at radius 3 is 1.80 bits per heavy atom. The van der Waals surface area contributed by atoms with Gasteiger partial charge in [0.1, 0.15) is 0 Å². The first-order chi connectivity index (χ1) is 14.5.